The van der Waals surface area contributed by atoms with Crippen LogP contribution in [0.4, 0.5) is 28.0 Å². The summed E-state index contributed by atoms with van der Waals surface area (Å²) in [5.41, 5.74) is -4.76. The van der Waals surface area contributed by atoms with Crippen LogP contribution in [0.3, 0.4) is 0 Å². The second-order valence-corrected chi connectivity index (χ2v) is 4.45. The van der Waals surface area contributed by atoms with E-state index in [0.29, 0.717) is 6.07 Å². The molecule has 4 nitrogen and oxygen atoms in total. The SMILES string of the molecule is O=C1Nc2cc(Br)c(F)cc2C(O)(C(F)(F)F)N1. The molecule has 0 fully saturated rings. The summed E-state index contributed by atoms with van der Waals surface area (Å²) < 4.78 is 51.5. The van der Waals surface area contributed by atoms with Gasteiger partial charge >= 0.3 is 12.2 Å². The van der Waals surface area contributed by atoms with E-state index in [-0.39, 0.29) is 10.2 Å². The summed E-state index contributed by atoms with van der Waals surface area (Å²) in [6.07, 6.45) is -5.18. The van der Waals surface area contributed by atoms with Crippen LogP contribution in [-0.4, -0.2) is 17.3 Å². The van der Waals surface area contributed by atoms with Crippen molar-refractivity contribution in [2.75, 3.05) is 5.32 Å². The van der Waals surface area contributed by atoms with E-state index in [2.05, 4.69) is 15.9 Å². The van der Waals surface area contributed by atoms with Crippen molar-refractivity contribution >= 4 is 27.6 Å². The zero-order chi connectivity index (χ0) is 13.7. The number of anilines is 1. The number of fused-ring (bicyclic) bond motifs is 1. The summed E-state index contributed by atoms with van der Waals surface area (Å²) in [5, 5.41) is 12.9. The molecule has 9 heteroatoms. The van der Waals surface area contributed by atoms with Gasteiger partial charge in [0.1, 0.15) is 5.82 Å². The fourth-order valence-electron chi connectivity index (χ4n) is 1.56. The van der Waals surface area contributed by atoms with Crippen molar-refractivity contribution < 1.29 is 27.5 Å². The Kier molecular flexibility index (Phi) is 2.78. The Morgan fingerprint density at radius 3 is 2.50 bits per heavy atom. The quantitative estimate of drug-likeness (QED) is 0.640. The molecule has 0 aliphatic carbocycles. The molecular weight excluding hydrogens is 324 g/mol. The number of amides is 2. The Balaban J connectivity index is 2.69. The number of aliphatic hydroxyl groups is 1. The van der Waals surface area contributed by atoms with Crippen molar-refractivity contribution in [1.82, 2.24) is 5.32 Å². The highest BCUT2D eigenvalue weighted by Gasteiger charge is 2.59. The first-order chi connectivity index (χ1) is 8.15. The first-order valence-corrected chi connectivity index (χ1v) is 5.32. The van der Waals surface area contributed by atoms with Gasteiger partial charge in [-0.25, -0.2) is 9.18 Å². The van der Waals surface area contributed by atoms with E-state index in [0.717, 1.165) is 6.07 Å². The maximum Gasteiger partial charge on any atom is 0.441 e. The van der Waals surface area contributed by atoms with Gasteiger partial charge in [0.2, 0.25) is 0 Å². The predicted octanol–water partition coefficient (Wildman–Crippen LogP) is 2.43. The molecule has 0 saturated heterocycles. The molecule has 1 atom stereocenters. The number of hydrogen-bond donors (Lipinski definition) is 3. The van der Waals surface area contributed by atoms with Crippen LogP contribution < -0.4 is 10.6 Å². The maximum atomic E-state index is 13.3. The lowest BCUT2D eigenvalue weighted by atomic mass is 9.98. The molecule has 1 aromatic rings. The highest BCUT2D eigenvalue weighted by Crippen LogP contribution is 2.43. The van der Waals surface area contributed by atoms with Crippen molar-refractivity contribution in [3.8, 4) is 0 Å². The summed E-state index contributed by atoms with van der Waals surface area (Å²) in [4.78, 5) is 11.1. The summed E-state index contributed by atoms with van der Waals surface area (Å²) in [5.74, 6) is -0.991. The highest BCUT2D eigenvalue weighted by molar-refractivity contribution is 9.10. The normalized spacial score (nSPS) is 23.1. The van der Waals surface area contributed by atoms with E-state index in [9.17, 15) is 27.5 Å². The lowest BCUT2D eigenvalue weighted by molar-refractivity contribution is -0.274. The van der Waals surface area contributed by atoms with Crippen LogP contribution in [0, 0.1) is 5.82 Å². The van der Waals surface area contributed by atoms with Gasteiger partial charge in [-0.05, 0) is 28.1 Å². The summed E-state index contributed by atoms with van der Waals surface area (Å²) in [7, 11) is 0. The van der Waals surface area contributed by atoms with Gasteiger partial charge in [-0.15, -0.1) is 0 Å². The second kappa shape index (κ2) is 3.82. The Hall–Kier alpha value is -1.35. The zero-order valence-electron chi connectivity index (χ0n) is 8.40. The summed E-state index contributed by atoms with van der Waals surface area (Å²) >= 11 is 2.77. The van der Waals surface area contributed by atoms with Crippen molar-refractivity contribution in [1.29, 1.82) is 0 Å². The summed E-state index contributed by atoms with van der Waals surface area (Å²) in [6, 6.07) is 0.209. The highest BCUT2D eigenvalue weighted by atomic mass is 79.9. The third kappa shape index (κ3) is 1.83. The van der Waals surface area contributed by atoms with Crippen LogP contribution in [0.2, 0.25) is 0 Å². The first-order valence-electron chi connectivity index (χ1n) is 4.53. The van der Waals surface area contributed by atoms with Crippen LogP contribution in [0.25, 0.3) is 0 Å². The van der Waals surface area contributed by atoms with Crippen molar-refractivity contribution in [2.45, 2.75) is 11.9 Å². The Morgan fingerprint density at radius 2 is 1.94 bits per heavy atom. The van der Waals surface area contributed by atoms with Crippen LogP contribution in [-0.2, 0) is 5.72 Å². The van der Waals surface area contributed by atoms with Crippen molar-refractivity contribution in [3.63, 3.8) is 0 Å². The molecule has 0 spiro atoms. The lowest BCUT2D eigenvalue weighted by Crippen LogP contribution is -2.60. The van der Waals surface area contributed by atoms with Crippen molar-refractivity contribution in [3.05, 3.63) is 28.0 Å². The minimum absolute atomic E-state index is 0.132. The number of urea groups is 1. The number of halogens is 5. The molecule has 1 aromatic carbocycles. The van der Waals surface area contributed by atoms with Gasteiger partial charge < -0.3 is 10.4 Å². The molecule has 3 N–H and O–H groups in total. The fraction of sp³-hybridized carbons (Fsp3) is 0.222. The van der Waals surface area contributed by atoms with Gasteiger partial charge in [0.05, 0.1) is 10.2 Å². The van der Waals surface area contributed by atoms with E-state index < -0.39 is 29.3 Å². The average molecular weight is 329 g/mol. The first kappa shape index (κ1) is 13.1. The monoisotopic (exact) mass is 328 g/mol. The molecule has 1 unspecified atom stereocenters. The van der Waals surface area contributed by atoms with E-state index in [4.69, 9.17) is 0 Å². The van der Waals surface area contributed by atoms with Crippen LogP contribution in [0.15, 0.2) is 16.6 Å². The Morgan fingerprint density at radius 1 is 1.33 bits per heavy atom. The third-order valence-corrected chi connectivity index (χ3v) is 3.01. The largest absolute Gasteiger partial charge is 0.441 e. The average Bonchev–Trinajstić information content (AvgIpc) is 2.19. The number of hydrogen-bond acceptors (Lipinski definition) is 2. The van der Waals surface area contributed by atoms with Gasteiger partial charge in [0.25, 0.3) is 5.72 Å². The van der Waals surface area contributed by atoms with Gasteiger partial charge in [0.15, 0.2) is 0 Å². The standard InChI is InChI=1S/C9H5BrF4N2O2/c10-4-2-6-3(1-5(4)11)8(18,9(12,13)14)16-7(17)15-6/h1-2,18H,(H2,15,16,17). The minimum Gasteiger partial charge on any atom is -0.360 e. The van der Waals surface area contributed by atoms with E-state index in [1.165, 1.54) is 5.32 Å². The molecule has 2 amide bonds. The minimum atomic E-state index is -5.18. The second-order valence-electron chi connectivity index (χ2n) is 3.60. The topological polar surface area (TPSA) is 61.4 Å². The van der Waals surface area contributed by atoms with Gasteiger partial charge in [-0.3, -0.25) is 5.32 Å². The number of benzene rings is 1. The molecule has 0 bridgehead atoms. The number of carbonyl (C=O) groups excluding carboxylic acids is 1. The molecule has 0 saturated carbocycles. The zero-order valence-corrected chi connectivity index (χ0v) is 9.99. The smallest absolute Gasteiger partial charge is 0.360 e. The van der Waals surface area contributed by atoms with Crippen molar-refractivity contribution in [2.24, 2.45) is 0 Å². The third-order valence-electron chi connectivity index (χ3n) is 2.40. The predicted molar refractivity (Wildman–Crippen MR) is 56.2 cm³/mol. The molecule has 18 heavy (non-hydrogen) atoms. The van der Waals surface area contributed by atoms with E-state index in [1.807, 2.05) is 5.32 Å². The molecule has 2 rings (SSSR count). The summed E-state index contributed by atoms with van der Waals surface area (Å²) in [6.45, 7) is 0. The van der Waals surface area contributed by atoms with Gasteiger partial charge in [0, 0.05) is 5.56 Å². The fourth-order valence-corrected chi connectivity index (χ4v) is 1.90. The number of alkyl halides is 3. The van der Waals surface area contributed by atoms with Gasteiger partial charge in [-0.2, -0.15) is 13.2 Å². The lowest BCUT2D eigenvalue weighted by Gasteiger charge is -2.36. The molecule has 0 aromatic heterocycles. The Labute approximate surface area is 106 Å². The maximum absolute atomic E-state index is 13.3. The number of nitrogens with one attached hydrogen (secondary N) is 2. The molecule has 0 radical (unpaired) electrons. The molecule has 1 aliphatic heterocycles. The van der Waals surface area contributed by atoms with E-state index in [1.54, 1.807) is 0 Å². The Bertz CT molecular complexity index is 534. The van der Waals surface area contributed by atoms with Crippen LogP contribution in [0.5, 0.6) is 0 Å². The van der Waals surface area contributed by atoms with Crippen LogP contribution in [0.1, 0.15) is 5.56 Å². The van der Waals surface area contributed by atoms with E-state index >= 15 is 0 Å². The molecule has 98 valence electrons. The molecular formula is C9H5BrF4N2O2. The van der Waals surface area contributed by atoms with Crippen LogP contribution >= 0.6 is 15.9 Å². The number of rotatable bonds is 0. The number of carbonyl (C=O) groups is 1. The molecule has 1 heterocycles. The van der Waals surface area contributed by atoms with Gasteiger partial charge in [-0.1, -0.05) is 0 Å². The molecule has 1 aliphatic rings.